The summed E-state index contributed by atoms with van der Waals surface area (Å²) in [4.78, 5) is 20.1. The number of rotatable bonds is 10. The molecule has 2 N–H and O–H groups in total. The van der Waals surface area contributed by atoms with E-state index in [-0.39, 0.29) is 41.8 Å². The lowest BCUT2D eigenvalue weighted by atomic mass is 10.0. The molecule has 1 aliphatic heterocycles. The van der Waals surface area contributed by atoms with E-state index in [0.717, 1.165) is 22.3 Å². The van der Waals surface area contributed by atoms with E-state index in [1.165, 1.54) is 11.3 Å². The number of halogens is 4. The fourth-order valence-corrected chi connectivity index (χ4v) is 6.81. The molecule has 0 unspecified atom stereocenters. The Morgan fingerprint density at radius 1 is 1.28 bits per heavy atom. The summed E-state index contributed by atoms with van der Waals surface area (Å²) in [6.07, 6.45) is -3.05. The number of aromatic nitrogens is 3. The average molecular weight is 621 g/mol. The molecule has 1 saturated heterocycles. The molecule has 0 bridgehead atoms. The number of thiophene rings is 1. The number of carbonyl (C=O) groups is 1. The maximum absolute atomic E-state index is 14.8. The zero-order chi connectivity index (χ0) is 30.4. The standard InChI is InChI=1S/C29H32F4N6O3S/c1-38-9-6-21(19(30)13-38)35-20-4-3-5-22-18(20)11-23(39(22)15-29(31,32)33)26-36-25(42-37-26)12-34-27(40)17-10-24(43-14-17)28(7-8-28)16-41-2/h3-5,10-11,14,19,21,35H,6-9,12-13,15-16H2,1-2H3,(H,34,40)/t19-,21+/m0/s1. The Morgan fingerprint density at radius 2 is 2.09 bits per heavy atom. The minimum atomic E-state index is -4.52. The van der Waals surface area contributed by atoms with Gasteiger partial charge in [0.05, 0.1) is 36.0 Å². The van der Waals surface area contributed by atoms with Gasteiger partial charge in [-0.3, -0.25) is 4.79 Å². The van der Waals surface area contributed by atoms with Gasteiger partial charge in [-0.1, -0.05) is 11.2 Å². The molecule has 0 spiro atoms. The fraction of sp³-hybridized carbons (Fsp3) is 0.483. The average Bonchev–Trinajstić information content (AvgIpc) is 3.31. The zero-order valence-corrected chi connectivity index (χ0v) is 24.5. The molecule has 230 valence electrons. The highest BCUT2D eigenvalue weighted by atomic mass is 32.1. The van der Waals surface area contributed by atoms with Gasteiger partial charge in [-0.25, -0.2) is 4.39 Å². The normalized spacial score (nSPS) is 20.4. The van der Waals surface area contributed by atoms with Crippen molar-refractivity contribution in [2.75, 3.05) is 39.2 Å². The molecule has 2 fully saturated rings. The van der Waals surface area contributed by atoms with Crippen molar-refractivity contribution in [1.29, 1.82) is 0 Å². The number of nitrogens with zero attached hydrogens (tertiary/aromatic N) is 4. The number of ether oxygens (including phenoxy) is 1. The second kappa shape index (κ2) is 11.5. The molecule has 0 radical (unpaired) electrons. The molecule has 4 heterocycles. The highest BCUT2D eigenvalue weighted by Gasteiger charge is 2.45. The number of anilines is 1. The lowest BCUT2D eigenvalue weighted by Gasteiger charge is -2.33. The lowest BCUT2D eigenvalue weighted by molar-refractivity contribution is -0.139. The van der Waals surface area contributed by atoms with E-state index in [0.29, 0.717) is 41.7 Å². The molecule has 43 heavy (non-hydrogen) atoms. The number of fused-ring (bicyclic) bond motifs is 1. The van der Waals surface area contributed by atoms with Crippen molar-refractivity contribution in [3.8, 4) is 11.5 Å². The maximum Gasteiger partial charge on any atom is 0.406 e. The van der Waals surface area contributed by atoms with E-state index in [4.69, 9.17) is 9.26 Å². The molecule has 14 heteroatoms. The smallest absolute Gasteiger partial charge is 0.384 e. The molecule has 6 rings (SSSR count). The Kier molecular flexibility index (Phi) is 7.94. The first-order valence-electron chi connectivity index (χ1n) is 14.0. The van der Waals surface area contributed by atoms with Gasteiger partial charge in [-0.15, -0.1) is 11.3 Å². The largest absolute Gasteiger partial charge is 0.406 e. The van der Waals surface area contributed by atoms with Gasteiger partial charge in [0, 0.05) is 46.9 Å². The summed E-state index contributed by atoms with van der Waals surface area (Å²) in [7, 11) is 3.51. The van der Waals surface area contributed by atoms with Crippen LogP contribution >= 0.6 is 11.3 Å². The molecule has 4 aromatic rings. The van der Waals surface area contributed by atoms with E-state index >= 15 is 0 Å². The summed E-state index contributed by atoms with van der Waals surface area (Å²) in [6.45, 7) is 0.217. The Hall–Kier alpha value is -3.49. The van der Waals surface area contributed by atoms with Crippen LogP contribution < -0.4 is 10.6 Å². The van der Waals surface area contributed by atoms with Crippen LogP contribution in [0.5, 0.6) is 0 Å². The Balaban J connectivity index is 1.22. The van der Waals surface area contributed by atoms with Gasteiger partial charge < -0.3 is 29.4 Å². The van der Waals surface area contributed by atoms with Crippen LogP contribution in [0.25, 0.3) is 22.4 Å². The van der Waals surface area contributed by atoms with Crippen LogP contribution in [-0.2, 0) is 23.2 Å². The molecule has 2 atom stereocenters. The Bertz CT molecular complexity index is 1610. The first-order valence-corrected chi connectivity index (χ1v) is 14.9. The van der Waals surface area contributed by atoms with Gasteiger partial charge in [0.2, 0.25) is 11.7 Å². The van der Waals surface area contributed by atoms with Crippen molar-refractivity contribution in [2.24, 2.45) is 0 Å². The van der Waals surface area contributed by atoms with E-state index in [1.54, 1.807) is 36.8 Å². The molecule has 1 amide bonds. The summed E-state index contributed by atoms with van der Waals surface area (Å²) < 4.78 is 67.6. The summed E-state index contributed by atoms with van der Waals surface area (Å²) in [6, 6.07) is 7.89. The minimum absolute atomic E-state index is 0.00963. The first-order chi connectivity index (χ1) is 20.5. The van der Waals surface area contributed by atoms with E-state index < -0.39 is 24.9 Å². The zero-order valence-electron chi connectivity index (χ0n) is 23.7. The van der Waals surface area contributed by atoms with Crippen LogP contribution in [-0.4, -0.2) is 77.8 Å². The first kappa shape index (κ1) is 29.6. The third kappa shape index (κ3) is 6.27. The maximum atomic E-state index is 14.8. The van der Waals surface area contributed by atoms with Gasteiger partial charge in [0.25, 0.3) is 5.91 Å². The fourth-order valence-electron chi connectivity index (χ4n) is 5.68. The Labute approximate surface area is 249 Å². The number of alkyl halides is 4. The van der Waals surface area contributed by atoms with Gasteiger partial charge in [0.15, 0.2) is 0 Å². The van der Waals surface area contributed by atoms with Gasteiger partial charge in [-0.05, 0) is 50.6 Å². The molecule has 1 aromatic carbocycles. The van der Waals surface area contributed by atoms with Crippen molar-refractivity contribution in [2.45, 2.75) is 56.2 Å². The van der Waals surface area contributed by atoms with Crippen LogP contribution in [0.2, 0.25) is 0 Å². The van der Waals surface area contributed by atoms with Crippen molar-refractivity contribution in [3.63, 3.8) is 0 Å². The van der Waals surface area contributed by atoms with Crippen LogP contribution in [0.3, 0.4) is 0 Å². The van der Waals surface area contributed by atoms with Crippen molar-refractivity contribution >= 4 is 33.8 Å². The highest BCUT2D eigenvalue weighted by molar-refractivity contribution is 7.10. The number of benzene rings is 1. The highest BCUT2D eigenvalue weighted by Crippen LogP contribution is 2.50. The monoisotopic (exact) mass is 620 g/mol. The third-order valence-electron chi connectivity index (χ3n) is 8.12. The van der Waals surface area contributed by atoms with Gasteiger partial charge >= 0.3 is 6.18 Å². The predicted molar refractivity (Wildman–Crippen MR) is 154 cm³/mol. The van der Waals surface area contributed by atoms with Crippen LogP contribution in [0.1, 0.15) is 40.4 Å². The number of carbonyl (C=O) groups excluding carboxylic acids is 1. The van der Waals surface area contributed by atoms with Crippen molar-refractivity contribution in [3.05, 3.63) is 52.0 Å². The number of nitrogens with one attached hydrogen (secondary N) is 2. The topological polar surface area (TPSA) is 97.4 Å². The molecule has 1 saturated carbocycles. The van der Waals surface area contributed by atoms with E-state index in [2.05, 4.69) is 20.8 Å². The predicted octanol–water partition coefficient (Wildman–Crippen LogP) is 5.38. The summed E-state index contributed by atoms with van der Waals surface area (Å²) in [5.41, 5.74) is 1.42. The number of hydrogen-bond acceptors (Lipinski definition) is 8. The summed E-state index contributed by atoms with van der Waals surface area (Å²) in [5.74, 6) is -0.325. The third-order valence-corrected chi connectivity index (χ3v) is 9.30. The molecule has 1 aliphatic carbocycles. The molecular weight excluding hydrogens is 588 g/mol. The SMILES string of the molecule is COCC1(c2cc(C(=O)NCc3nc(-c4cc5c(N[C@@H]6CCN(C)C[C@@H]6F)cccc5n4CC(F)(F)F)no3)cs2)CC1. The van der Waals surface area contributed by atoms with Crippen LogP contribution in [0.15, 0.2) is 40.2 Å². The van der Waals surface area contributed by atoms with Crippen LogP contribution in [0, 0.1) is 0 Å². The van der Waals surface area contributed by atoms with Gasteiger partial charge in [0.1, 0.15) is 12.7 Å². The minimum Gasteiger partial charge on any atom is -0.384 e. The van der Waals surface area contributed by atoms with Crippen molar-refractivity contribution in [1.82, 2.24) is 24.9 Å². The molecular formula is C29H32F4N6O3S. The summed E-state index contributed by atoms with van der Waals surface area (Å²) >= 11 is 1.52. The number of hydrogen-bond donors (Lipinski definition) is 2. The van der Waals surface area contributed by atoms with E-state index in [1.807, 2.05) is 18.0 Å². The summed E-state index contributed by atoms with van der Waals surface area (Å²) in [5, 5.41) is 12.2. The van der Waals surface area contributed by atoms with Gasteiger partial charge in [-0.2, -0.15) is 18.2 Å². The molecule has 3 aromatic heterocycles. The van der Waals surface area contributed by atoms with Crippen molar-refractivity contribution < 1.29 is 31.6 Å². The quantitative estimate of drug-likeness (QED) is 0.230. The molecule has 2 aliphatic rings. The Morgan fingerprint density at radius 3 is 2.81 bits per heavy atom. The lowest BCUT2D eigenvalue weighted by Crippen LogP contribution is -2.46. The van der Waals surface area contributed by atoms with Crippen LogP contribution in [0.4, 0.5) is 23.2 Å². The second-order valence-corrected chi connectivity index (χ2v) is 12.3. The number of piperidine rings is 1. The number of likely N-dealkylation sites (tertiary alicyclic amines) is 1. The van der Waals surface area contributed by atoms with E-state index in [9.17, 15) is 22.4 Å². The number of amides is 1. The second-order valence-electron chi connectivity index (χ2n) is 11.4. The molecule has 9 nitrogen and oxygen atoms in total. The number of methoxy groups -OCH3 is 1.